The Bertz CT molecular complexity index is 1000. The van der Waals surface area contributed by atoms with E-state index >= 15 is 0 Å². The number of carbonyl (C=O) groups excluding carboxylic acids is 3. The van der Waals surface area contributed by atoms with Crippen LogP contribution in [0, 0.1) is 25.7 Å². The molecule has 1 aromatic rings. The standard InChI is InChI=1S/C27H39N3O4S/c1-5-13-28-23(32)20-21-25(34)30(14-7-6-8-15-31)22(27(21)12-11-26(20,4)35-27)24(33)29-19-16-17(2)9-10-18(19)3/h9-10,16,20-22,31H,5-8,11-15H2,1-4H3,(H,28,32)(H,29,33)/t20-,21-,22?,26+,27?/m0/s1. The van der Waals surface area contributed by atoms with Gasteiger partial charge in [-0.15, -0.1) is 11.8 Å². The smallest absolute Gasteiger partial charge is 0.248 e. The Labute approximate surface area is 212 Å². The molecule has 3 N–H and O–H groups in total. The van der Waals surface area contributed by atoms with Crippen LogP contribution in [0.25, 0.3) is 0 Å². The lowest BCUT2D eigenvalue weighted by molar-refractivity contribution is -0.140. The minimum absolute atomic E-state index is 0.0578. The molecule has 0 aliphatic carbocycles. The van der Waals surface area contributed by atoms with Gasteiger partial charge >= 0.3 is 0 Å². The molecule has 3 aliphatic rings. The summed E-state index contributed by atoms with van der Waals surface area (Å²) >= 11 is 1.70. The minimum Gasteiger partial charge on any atom is -0.396 e. The largest absolute Gasteiger partial charge is 0.396 e. The minimum atomic E-state index is -0.621. The molecule has 3 heterocycles. The number of thioether (sulfide) groups is 1. The average molecular weight is 502 g/mol. The number of hydrogen-bond donors (Lipinski definition) is 3. The molecule has 3 saturated heterocycles. The van der Waals surface area contributed by atoms with Crippen molar-refractivity contribution in [3.63, 3.8) is 0 Å². The Morgan fingerprint density at radius 3 is 2.66 bits per heavy atom. The number of likely N-dealkylation sites (tertiary alicyclic amines) is 1. The van der Waals surface area contributed by atoms with Crippen LogP contribution in [0.4, 0.5) is 5.69 Å². The second-order valence-corrected chi connectivity index (χ2v) is 12.5. The number of aliphatic hydroxyl groups excluding tert-OH is 1. The van der Waals surface area contributed by atoms with Gasteiger partial charge in [0.25, 0.3) is 0 Å². The summed E-state index contributed by atoms with van der Waals surface area (Å²) in [4.78, 5) is 43.0. The number of anilines is 1. The first kappa shape index (κ1) is 26.0. The van der Waals surface area contributed by atoms with Gasteiger partial charge < -0.3 is 20.6 Å². The highest BCUT2D eigenvalue weighted by molar-refractivity contribution is 8.02. The normalized spacial score (nSPS) is 31.1. The molecule has 3 fully saturated rings. The van der Waals surface area contributed by atoms with E-state index in [-0.39, 0.29) is 29.1 Å². The summed E-state index contributed by atoms with van der Waals surface area (Å²) in [6.07, 6.45) is 4.58. The van der Waals surface area contributed by atoms with Crippen LogP contribution in [0.2, 0.25) is 0 Å². The molecule has 0 aromatic heterocycles. The van der Waals surface area contributed by atoms with Gasteiger partial charge in [0.2, 0.25) is 17.7 Å². The Morgan fingerprint density at radius 2 is 1.94 bits per heavy atom. The Hall–Kier alpha value is -2.06. The topological polar surface area (TPSA) is 98.7 Å². The van der Waals surface area contributed by atoms with Crippen molar-refractivity contribution in [2.45, 2.75) is 81.8 Å². The van der Waals surface area contributed by atoms with E-state index in [4.69, 9.17) is 0 Å². The van der Waals surface area contributed by atoms with Crippen molar-refractivity contribution in [1.29, 1.82) is 0 Å². The van der Waals surface area contributed by atoms with Gasteiger partial charge in [0.1, 0.15) is 6.04 Å². The lowest BCUT2D eigenvalue weighted by Crippen LogP contribution is -2.52. The van der Waals surface area contributed by atoms with Crippen LogP contribution in [0.3, 0.4) is 0 Å². The summed E-state index contributed by atoms with van der Waals surface area (Å²) in [6.45, 7) is 9.23. The van der Waals surface area contributed by atoms with Crippen molar-refractivity contribution in [3.8, 4) is 0 Å². The molecule has 2 bridgehead atoms. The molecule has 192 valence electrons. The number of unbranched alkanes of at least 4 members (excludes halogenated alkanes) is 2. The number of nitrogens with one attached hydrogen (secondary N) is 2. The number of aryl methyl sites for hydroxylation is 2. The SMILES string of the molecule is CCCNC(=O)[C@@H]1[C@H]2C(=O)N(CCCCCO)C(C(=O)Nc3cc(C)ccc3C)C23CC[C@@]1(C)S3. The van der Waals surface area contributed by atoms with E-state index < -0.39 is 22.6 Å². The fourth-order valence-corrected chi connectivity index (χ4v) is 8.72. The fourth-order valence-electron chi connectivity index (χ4n) is 6.37. The zero-order valence-electron chi connectivity index (χ0n) is 21.4. The third kappa shape index (κ3) is 4.48. The molecule has 3 aliphatic heterocycles. The van der Waals surface area contributed by atoms with Crippen molar-refractivity contribution in [1.82, 2.24) is 10.2 Å². The van der Waals surface area contributed by atoms with Crippen molar-refractivity contribution in [2.24, 2.45) is 11.8 Å². The Morgan fingerprint density at radius 1 is 1.17 bits per heavy atom. The van der Waals surface area contributed by atoms with Crippen LogP contribution in [-0.4, -0.2) is 63.0 Å². The van der Waals surface area contributed by atoms with Crippen molar-refractivity contribution in [2.75, 3.05) is 25.0 Å². The Balaban J connectivity index is 1.68. The first-order valence-corrected chi connectivity index (χ1v) is 13.8. The van der Waals surface area contributed by atoms with Crippen LogP contribution in [0.5, 0.6) is 0 Å². The van der Waals surface area contributed by atoms with E-state index in [2.05, 4.69) is 17.6 Å². The molecule has 1 aromatic carbocycles. The van der Waals surface area contributed by atoms with E-state index in [1.54, 1.807) is 16.7 Å². The van der Waals surface area contributed by atoms with Crippen molar-refractivity contribution in [3.05, 3.63) is 29.3 Å². The number of carbonyl (C=O) groups is 3. The van der Waals surface area contributed by atoms with Gasteiger partial charge in [-0.1, -0.05) is 19.1 Å². The number of rotatable bonds is 10. The van der Waals surface area contributed by atoms with Crippen molar-refractivity contribution < 1.29 is 19.5 Å². The van der Waals surface area contributed by atoms with Crippen LogP contribution < -0.4 is 10.6 Å². The molecule has 5 atom stereocenters. The van der Waals surface area contributed by atoms with E-state index in [0.29, 0.717) is 19.5 Å². The summed E-state index contributed by atoms with van der Waals surface area (Å²) < 4.78 is -0.947. The summed E-state index contributed by atoms with van der Waals surface area (Å²) in [5, 5.41) is 15.4. The van der Waals surface area contributed by atoms with Crippen LogP contribution in [-0.2, 0) is 14.4 Å². The third-order valence-electron chi connectivity index (χ3n) is 8.06. The van der Waals surface area contributed by atoms with Crippen LogP contribution in [0.15, 0.2) is 18.2 Å². The van der Waals surface area contributed by atoms with Gasteiger partial charge in [0, 0.05) is 30.1 Å². The van der Waals surface area contributed by atoms with E-state index in [1.807, 2.05) is 39.0 Å². The predicted molar refractivity (Wildman–Crippen MR) is 139 cm³/mol. The molecular formula is C27H39N3O4S. The zero-order valence-corrected chi connectivity index (χ0v) is 22.2. The zero-order chi connectivity index (χ0) is 25.4. The lowest BCUT2D eigenvalue weighted by atomic mass is 9.66. The second kappa shape index (κ2) is 10.1. The highest BCUT2D eigenvalue weighted by Gasteiger charge is 2.76. The molecule has 3 amide bonds. The third-order valence-corrected chi connectivity index (χ3v) is 10.1. The molecule has 1 spiro atoms. The van der Waals surface area contributed by atoms with Crippen LogP contribution >= 0.6 is 11.8 Å². The number of amides is 3. The van der Waals surface area contributed by atoms with E-state index in [0.717, 1.165) is 48.9 Å². The maximum Gasteiger partial charge on any atom is 0.248 e. The maximum absolute atomic E-state index is 14.0. The van der Waals surface area contributed by atoms with Gasteiger partial charge in [0.15, 0.2) is 0 Å². The number of fused-ring (bicyclic) bond motifs is 1. The van der Waals surface area contributed by atoms with Crippen LogP contribution in [0.1, 0.15) is 63.5 Å². The monoisotopic (exact) mass is 501 g/mol. The molecule has 0 radical (unpaired) electrons. The molecule has 8 heteroatoms. The average Bonchev–Trinajstić information content (AvgIpc) is 3.38. The second-order valence-electron chi connectivity index (χ2n) is 10.6. The molecule has 35 heavy (non-hydrogen) atoms. The number of benzene rings is 1. The first-order valence-electron chi connectivity index (χ1n) is 13.0. The predicted octanol–water partition coefficient (Wildman–Crippen LogP) is 3.41. The lowest BCUT2D eigenvalue weighted by Gasteiger charge is -2.35. The highest BCUT2D eigenvalue weighted by atomic mass is 32.2. The van der Waals surface area contributed by atoms with Gasteiger partial charge in [-0.25, -0.2) is 0 Å². The molecular weight excluding hydrogens is 462 g/mol. The molecule has 2 unspecified atom stereocenters. The highest BCUT2D eigenvalue weighted by Crippen LogP contribution is 2.71. The molecule has 0 saturated carbocycles. The fraction of sp³-hybridized carbons (Fsp3) is 0.667. The van der Waals surface area contributed by atoms with Gasteiger partial charge in [-0.05, 0) is 76.5 Å². The summed E-state index contributed by atoms with van der Waals surface area (Å²) in [7, 11) is 0. The summed E-state index contributed by atoms with van der Waals surface area (Å²) in [5.41, 5.74) is 2.80. The summed E-state index contributed by atoms with van der Waals surface area (Å²) in [5.74, 6) is -1.21. The van der Waals surface area contributed by atoms with Crippen molar-refractivity contribution >= 4 is 35.2 Å². The number of hydrogen-bond acceptors (Lipinski definition) is 5. The number of nitrogens with zero attached hydrogens (tertiary/aromatic N) is 1. The van der Waals surface area contributed by atoms with Gasteiger partial charge in [0.05, 0.1) is 16.6 Å². The Kier molecular flexibility index (Phi) is 7.53. The van der Waals surface area contributed by atoms with Gasteiger partial charge in [-0.3, -0.25) is 14.4 Å². The quantitative estimate of drug-likeness (QED) is 0.427. The molecule has 7 nitrogen and oxygen atoms in total. The number of aliphatic hydroxyl groups is 1. The molecule has 4 rings (SSSR count). The maximum atomic E-state index is 14.0. The van der Waals surface area contributed by atoms with Gasteiger partial charge in [-0.2, -0.15) is 0 Å². The van der Waals surface area contributed by atoms with E-state index in [1.165, 1.54) is 0 Å². The van der Waals surface area contributed by atoms with E-state index in [9.17, 15) is 19.5 Å². The first-order chi connectivity index (χ1) is 16.7. The summed E-state index contributed by atoms with van der Waals surface area (Å²) in [6, 6.07) is 5.35.